The van der Waals surface area contributed by atoms with Gasteiger partial charge >= 0.3 is 0 Å². The Morgan fingerprint density at radius 2 is 1.84 bits per heavy atom. The maximum Gasteiger partial charge on any atom is 0.260 e. The fourth-order valence-electron chi connectivity index (χ4n) is 3.20. The van der Waals surface area contributed by atoms with E-state index in [1.54, 1.807) is 31.2 Å². The topological polar surface area (TPSA) is 91.9 Å². The third-order valence-electron chi connectivity index (χ3n) is 4.98. The largest absolute Gasteiger partial charge is 0.325 e. The first kappa shape index (κ1) is 22.0. The molecule has 2 N–H and O–H groups in total. The Labute approximate surface area is 193 Å². The number of ketones is 1. The smallest absolute Gasteiger partial charge is 0.260 e. The van der Waals surface area contributed by atoms with E-state index in [1.807, 2.05) is 35.7 Å². The van der Waals surface area contributed by atoms with E-state index in [4.69, 9.17) is 0 Å². The number of hydrogen-bond acceptors (Lipinski definition) is 6. The van der Waals surface area contributed by atoms with Crippen molar-refractivity contribution >= 4 is 50.7 Å². The van der Waals surface area contributed by atoms with Crippen LogP contribution in [-0.2, 0) is 10.5 Å². The second-order valence-electron chi connectivity index (χ2n) is 7.28. The van der Waals surface area contributed by atoms with Crippen molar-refractivity contribution in [3.63, 3.8) is 0 Å². The summed E-state index contributed by atoms with van der Waals surface area (Å²) in [6, 6.07) is 16.5. The summed E-state index contributed by atoms with van der Waals surface area (Å²) in [6.45, 7) is 3.31. The molecule has 1 unspecified atom stereocenters. The molecule has 4 aromatic rings. The third kappa shape index (κ3) is 4.81. The minimum Gasteiger partial charge on any atom is -0.325 e. The van der Waals surface area contributed by atoms with Crippen LogP contribution in [0.3, 0.4) is 0 Å². The zero-order chi connectivity index (χ0) is 22.7. The first-order valence-electron chi connectivity index (χ1n) is 10.0. The number of thioether (sulfide) groups is 1. The Kier molecular flexibility index (Phi) is 6.53. The summed E-state index contributed by atoms with van der Waals surface area (Å²) in [5, 5.41) is 5.03. The average molecular weight is 464 g/mol. The number of aromatic nitrogens is 2. The van der Waals surface area contributed by atoms with Gasteiger partial charge in [0.1, 0.15) is 10.7 Å². The van der Waals surface area contributed by atoms with Gasteiger partial charge in [0.15, 0.2) is 5.78 Å². The van der Waals surface area contributed by atoms with Crippen molar-refractivity contribution in [3.8, 4) is 11.1 Å². The molecule has 0 saturated carbocycles. The Morgan fingerprint density at radius 3 is 2.53 bits per heavy atom. The standard InChI is InChI=1S/C24H21N3O3S2/c1-14(28)16-8-10-18(11-9-16)25-22(29)15(2)31-13-20-26-23(30)21-19(12-32-24(21)27-20)17-6-4-3-5-7-17/h3-12,15H,13H2,1-2H3,(H,25,29)(H,26,27,30). The van der Waals surface area contributed by atoms with E-state index >= 15 is 0 Å². The van der Waals surface area contributed by atoms with Crippen molar-refractivity contribution in [2.24, 2.45) is 0 Å². The quantitative estimate of drug-likeness (QED) is 0.371. The molecule has 2 aromatic heterocycles. The zero-order valence-corrected chi connectivity index (χ0v) is 19.2. The molecule has 0 spiro atoms. The predicted octanol–water partition coefficient (Wildman–Crippen LogP) is 5.11. The van der Waals surface area contributed by atoms with Crippen molar-refractivity contribution in [3.05, 3.63) is 81.7 Å². The summed E-state index contributed by atoms with van der Waals surface area (Å²) in [4.78, 5) is 44.8. The van der Waals surface area contributed by atoms with Crippen molar-refractivity contribution in [2.45, 2.75) is 24.9 Å². The van der Waals surface area contributed by atoms with Crippen LogP contribution in [0, 0.1) is 0 Å². The van der Waals surface area contributed by atoms with E-state index in [0.717, 1.165) is 11.1 Å². The molecular formula is C24H21N3O3S2. The van der Waals surface area contributed by atoms with Crippen LogP contribution in [0.5, 0.6) is 0 Å². The van der Waals surface area contributed by atoms with Gasteiger partial charge in [-0.3, -0.25) is 14.4 Å². The molecule has 1 amide bonds. The first-order chi connectivity index (χ1) is 15.4. The summed E-state index contributed by atoms with van der Waals surface area (Å²) < 4.78 is 0. The molecular weight excluding hydrogens is 442 g/mol. The number of carbonyl (C=O) groups excluding carboxylic acids is 2. The average Bonchev–Trinajstić information content (AvgIpc) is 3.23. The van der Waals surface area contributed by atoms with Crippen molar-refractivity contribution in [1.82, 2.24) is 9.97 Å². The third-order valence-corrected chi connectivity index (χ3v) is 7.00. The van der Waals surface area contributed by atoms with Gasteiger partial charge in [-0.15, -0.1) is 23.1 Å². The second-order valence-corrected chi connectivity index (χ2v) is 9.47. The number of amides is 1. The molecule has 162 valence electrons. The molecule has 0 aliphatic carbocycles. The van der Waals surface area contributed by atoms with Gasteiger partial charge in [-0.05, 0) is 43.7 Å². The maximum absolute atomic E-state index is 12.7. The molecule has 32 heavy (non-hydrogen) atoms. The lowest BCUT2D eigenvalue weighted by molar-refractivity contribution is -0.115. The van der Waals surface area contributed by atoms with Crippen LogP contribution in [0.15, 0.2) is 64.8 Å². The van der Waals surface area contributed by atoms with Gasteiger partial charge in [0, 0.05) is 22.2 Å². The lowest BCUT2D eigenvalue weighted by atomic mass is 10.1. The maximum atomic E-state index is 12.7. The van der Waals surface area contributed by atoms with Gasteiger partial charge in [0.2, 0.25) is 5.91 Å². The number of H-pyrrole nitrogens is 1. The number of fused-ring (bicyclic) bond motifs is 1. The first-order valence-corrected chi connectivity index (χ1v) is 11.9. The van der Waals surface area contributed by atoms with Crippen LogP contribution in [0.1, 0.15) is 30.0 Å². The minimum atomic E-state index is -0.355. The monoisotopic (exact) mass is 463 g/mol. The Bertz CT molecular complexity index is 1330. The van der Waals surface area contributed by atoms with Gasteiger partial charge in [0.05, 0.1) is 16.4 Å². The predicted molar refractivity (Wildman–Crippen MR) is 132 cm³/mol. The van der Waals surface area contributed by atoms with E-state index in [1.165, 1.54) is 30.0 Å². The van der Waals surface area contributed by atoms with Crippen LogP contribution >= 0.6 is 23.1 Å². The summed E-state index contributed by atoms with van der Waals surface area (Å²) in [6.07, 6.45) is 0. The highest BCUT2D eigenvalue weighted by atomic mass is 32.2. The number of hydrogen-bond donors (Lipinski definition) is 2. The highest BCUT2D eigenvalue weighted by Gasteiger charge is 2.17. The SMILES string of the molecule is CC(=O)c1ccc(NC(=O)C(C)SCc2nc3scc(-c4ccccc4)c3c(=O)[nH]2)cc1. The van der Waals surface area contributed by atoms with Crippen molar-refractivity contribution in [2.75, 3.05) is 5.32 Å². The summed E-state index contributed by atoms with van der Waals surface area (Å²) in [5.74, 6) is 0.768. The van der Waals surface area contributed by atoms with Gasteiger partial charge in [-0.25, -0.2) is 4.98 Å². The normalized spacial score (nSPS) is 11.9. The van der Waals surface area contributed by atoms with Crippen LogP contribution in [0.2, 0.25) is 0 Å². The van der Waals surface area contributed by atoms with Gasteiger partial charge in [-0.1, -0.05) is 30.3 Å². The van der Waals surface area contributed by atoms with Crippen LogP contribution in [0.25, 0.3) is 21.3 Å². The number of rotatable bonds is 7. The van der Waals surface area contributed by atoms with Gasteiger partial charge in [-0.2, -0.15) is 0 Å². The van der Waals surface area contributed by atoms with E-state index in [9.17, 15) is 14.4 Å². The second kappa shape index (κ2) is 9.50. The highest BCUT2D eigenvalue weighted by Crippen LogP contribution is 2.31. The number of aromatic amines is 1. The lowest BCUT2D eigenvalue weighted by Gasteiger charge is -2.12. The number of Topliss-reactive ketones (excluding diaryl/α,β-unsaturated/α-hetero) is 1. The number of thiophene rings is 1. The fraction of sp³-hybridized carbons (Fsp3) is 0.167. The Morgan fingerprint density at radius 1 is 1.12 bits per heavy atom. The number of benzene rings is 2. The van der Waals surface area contributed by atoms with Crippen molar-refractivity contribution < 1.29 is 9.59 Å². The number of nitrogens with one attached hydrogen (secondary N) is 2. The number of carbonyl (C=O) groups is 2. The van der Waals surface area contributed by atoms with E-state index in [0.29, 0.717) is 33.0 Å². The molecule has 0 saturated heterocycles. The number of nitrogens with zero attached hydrogens (tertiary/aromatic N) is 1. The molecule has 0 fully saturated rings. The van der Waals surface area contributed by atoms with Gasteiger partial charge in [0.25, 0.3) is 5.56 Å². The van der Waals surface area contributed by atoms with E-state index < -0.39 is 0 Å². The molecule has 6 nitrogen and oxygen atoms in total. The molecule has 0 radical (unpaired) electrons. The van der Waals surface area contributed by atoms with Crippen molar-refractivity contribution in [1.29, 1.82) is 0 Å². The lowest BCUT2D eigenvalue weighted by Crippen LogP contribution is -2.23. The van der Waals surface area contributed by atoms with Crippen LogP contribution in [0.4, 0.5) is 5.69 Å². The zero-order valence-electron chi connectivity index (χ0n) is 17.5. The molecule has 2 heterocycles. The molecule has 2 aromatic carbocycles. The highest BCUT2D eigenvalue weighted by molar-refractivity contribution is 7.99. The molecule has 1 atom stereocenters. The fourth-order valence-corrected chi connectivity index (χ4v) is 4.93. The van der Waals surface area contributed by atoms with Crippen LogP contribution < -0.4 is 10.9 Å². The van der Waals surface area contributed by atoms with Gasteiger partial charge < -0.3 is 10.3 Å². The molecule has 4 rings (SSSR count). The summed E-state index contributed by atoms with van der Waals surface area (Å²) in [7, 11) is 0. The van der Waals surface area contributed by atoms with Crippen LogP contribution in [-0.4, -0.2) is 26.9 Å². The molecule has 0 bridgehead atoms. The summed E-state index contributed by atoms with van der Waals surface area (Å²) in [5.41, 5.74) is 2.91. The summed E-state index contributed by atoms with van der Waals surface area (Å²) >= 11 is 2.83. The molecule has 8 heteroatoms. The Balaban J connectivity index is 1.43. The molecule has 0 aliphatic rings. The minimum absolute atomic E-state index is 0.0214. The molecule has 0 aliphatic heterocycles. The number of anilines is 1. The van der Waals surface area contributed by atoms with E-state index in [2.05, 4.69) is 15.3 Å². The van der Waals surface area contributed by atoms with E-state index in [-0.39, 0.29) is 22.5 Å². The Hall–Kier alpha value is -3.23.